The second-order valence-corrected chi connectivity index (χ2v) is 10.7. The van der Waals surface area contributed by atoms with E-state index in [1.807, 2.05) is 27.0 Å². The number of carbonyl (C=O) groups is 1. The Kier molecular flexibility index (Phi) is 6.03. The quantitative estimate of drug-likeness (QED) is 0.622. The van der Waals surface area contributed by atoms with Crippen LogP contribution in [-0.4, -0.2) is 41.9 Å². The van der Waals surface area contributed by atoms with Crippen molar-refractivity contribution in [2.45, 2.75) is 69.7 Å². The van der Waals surface area contributed by atoms with Crippen LogP contribution in [-0.2, 0) is 15.0 Å². The topological polar surface area (TPSA) is 75.5 Å². The first-order valence-electron chi connectivity index (χ1n) is 12.4. The first-order chi connectivity index (χ1) is 16.8. The Morgan fingerprint density at radius 2 is 1.94 bits per heavy atom. The van der Waals surface area contributed by atoms with Gasteiger partial charge < -0.3 is 19.7 Å². The summed E-state index contributed by atoms with van der Waals surface area (Å²) in [7, 11) is 1.66. The van der Waals surface area contributed by atoms with E-state index in [0.29, 0.717) is 5.92 Å². The summed E-state index contributed by atoms with van der Waals surface area (Å²) in [6, 6.07) is 8.63. The van der Waals surface area contributed by atoms with E-state index in [0.717, 1.165) is 48.5 Å². The van der Waals surface area contributed by atoms with E-state index in [9.17, 15) is 4.79 Å². The van der Waals surface area contributed by atoms with Crippen LogP contribution in [0.3, 0.4) is 0 Å². The maximum atomic E-state index is 12.5. The molecule has 7 nitrogen and oxygen atoms in total. The zero-order valence-electron chi connectivity index (χ0n) is 20.9. The van der Waals surface area contributed by atoms with Gasteiger partial charge in [-0.2, -0.15) is 0 Å². The molecule has 7 heteroatoms. The zero-order valence-corrected chi connectivity index (χ0v) is 20.9. The average molecular weight is 475 g/mol. The Hall–Kier alpha value is -3.35. The predicted molar refractivity (Wildman–Crippen MR) is 137 cm³/mol. The standard InChI is InChI=1S/C28H34N4O3/c1-27(2,3)35-26(33)31-28(15-8-16-28)21-13-11-19(12-14-21)23-24(20-9-6-5-7-10-20)32-18-22(34-4)17-29-25(32)30-23/h5-7,9,11-14,17-18,20,23-24H,8,10,15-16H2,1-4H3,(H,31,33). The molecule has 1 aromatic rings. The van der Waals surface area contributed by atoms with Crippen LogP contribution in [0.25, 0.3) is 0 Å². The number of nitrogens with one attached hydrogen (secondary N) is 1. The Balaban J connectivity index is 1.40. The van der Waals surface area contributed by atoms with Gasteiger partial charge in [-0.05, 0) is 57.6 Å². The summed E-state index contributed by atoms with van der Waals surface area (Å²) in [5.41, 5.74) is 1.36. The number of alkyl carbamates (subject to hydrolysis) is 1. The molecule has 3 unspecified atom stereocenters. The SMILES string of the molecule is COC1=CN2C(=NC(c3ccc(C4(NC(=O)OC(C)(C)C)CCC4)cc3)C2C2C=CC=CC2)N=C1. The Labute approximate surface area is 207 Å². The molecule has 2 heterocycles. The van der Waals surface area contributed by atoms with Gasteiger partial charge in [0, 0.05) is 5.92 Å². The van der Waals surface area contributed by atoms with Crippen molar-refractivity contribution < 1.29 is 14.3 Å². The minimum absolute atomic E-state index is 0.0547. The number of ether oxygens (including phenoxy) is 2. The number of hydrogen-bond acceptors (Lipinski definition) is 6. The largest absolute Gasteiger partial charge is 0.494 e. The number of guanidine groups is 1. The molecule has 0 spiro atoms. The van der Waals surface area contributed by atoms with E-state index in [1.54, 1.807) is 13.3 Å². The lowest BCUT2D eigenvalue weighted by Gasteiger charge is -2.43. The van der Waals surface area contributed by atoms with Gasteiger partial charge in [-0.15, -0.1) is 0 Å². The summed E-state index contributed by atoms with van der Waals surface area (Å²) in [6.45, 7) is 5.65. The number of aliphatic imine (C=N–C) groups is 2. The molecule has 0 aromatic heterocycles. The molecule has 4 aliphatic rings. The van der Waals surface area contributed by atoms with E-state index in [2.05, 4.69) is 63.8 Å². The molecule has 0 saturated heterocycles. The van der Waals surface area contributed by atoms with Crippen molar-refractivity contribution in [3.05, 3.63) is 71.7 Å². The molecule has 1 aromatic carbocycles. The van der Waals surface area contributed by atoms with Crippen molar-refractivity contribution >= 4 is 18.3 Å². The van der Waals surface area contributed by atoms with Crippen LogP contribution in [0.5, 0.6) is 0 Å². The maximum Gasteiger partial charge on any atom is 0.408 e. The van der Waals surface area contributed by atoms with Gasteiger partial charge in [-0.25, -0.2) is 14.8 Å². The number of allylic oxidation sites excluding steroid dienone is 4. The number of methoxy groups -OCH3 is 1. The first-order valence-corrected chi connectivity index (χ1v) is 12.4. The normalized spacial score (nSPS) is 26.4. The number of hydrogen-bond donors (Lipinski definition) is 1. The van der Waals surface area contributed by atoms with E-state index < -0.39 is 5.60 Å². The maximum absolute atomic E-state index is 12.5. The monoisotopic (exact) mass is 474 g/mol. The lowest BCUT2D eigenvalue weighted by Crippen LogP contribution is -2.52. The van der Waals surface area contributed by atoms with Crippen LogP contribution in [0.4, 0.5) is 4.79 Å². The van der Waals surface area contributed by atoms with Crippen molar-refractivity contribution in [2.75, 3.05) is 7.11 Å². The van der Waals surface area contributed by atoms with Gasteiger partial charge in [-0.3, -0.25) is 0 Å². The molecule has 0 bridgehead atoms. The molecule has 5 rings (SSSR count). The molecule has 0 radical (unpaired) electrons. The smallest absolute Gasteiger partial charge is 0.408 e. The first kappa shape index (κ1) is 23.4. The number of amides is 1. The molecule has 35 heavy (non-hydrogen) atoms. The van der Waals surface area contributed by atoms with Crippen molar-refractivity contribution in [3.8, 4) is 0 Å². The Morgan fingerprint density at radius 3 is 2.54 bits per heavy atom. The van der Waals surface area contributed by atoms with Crippen LogP contribution in [0.1, 0.15) is 63.6 Å². The summed E-state index contributed by atoms with van der Waals surface area (Å²) in [5, 5.41) is 3.15. The minimum Gasteiger partial charge on any atom is -0.494 e. The number of nitrogens with zero attached hydrogens (tertiary/aromatic N) is 3. The molecule has 2 aliphatic heterocycles. The molecule has 2 aliphatic carbocycles. The number of rotatable bonds is 5. The van der Waals surface area contributed by atoms with Crippen LogP contribution < -0.4 is 5.32 Å². The summed E-state index contributed by atoms with van der Waals surface area (Å²) in [4.78, 5) is 24.3. The van der Waals surface area contributed by atoms with Crippen molar-refractivity contribution in [3.63, 3.8) is 0 Å². The van der Waals surface area contributed by atoms with Crippen LogP contribution in [0.2, 0.25) is 0 Å². The summed E-state index contributed by atoms with van der Waals surface area (Å²) >= 11 is 0. The van der Waals surface area contributed by atoms with E-state index in [-0.39, 0.29) is 23.7 Å². The van der Waals surface area contributed by atoms with Gasteiger partial charge in [0.25, 0.3) is 0 Å². The van der Waals surface area contributed by atoms with Crippen molar-refractivity contribution in [2.24, 2.45) is 15.9 Å². The van der Waals surface area contributed by atoms with E-state index >= 15 is 0 Å². The summed E-state index contributed by atoms with van der Waals surface area (Å²) in [6.07, 6.45) is 15.9. The molecule has 1 N–H and O–H groups in total. The average Bonchev–Trinajstić information content (AvgIpc) is 3.19. The van der Waals surface area contributed by atoms with Crippen LogP contribution in [0.15, 0.2) is 70.5 Å². The van der Waals surface area contributed by atoms with Gasteiger partial charge in [0.15, 0.2) is 5.76 Å². The van der Waals surface area contributed by atoms with Gasteiger partial charge in [0.2, 0.25) is 5.96 Å². The second-order valence-electron chi connectivity index (χ2n) is 10.7. The highest BCUT2D eigenvalue weighted by molar-refractivity contribution is 5.97. The number of benzene rings is 1. The summed E-state index contributed by atoms with van der Waals surface area (Å²) < 4.78 is 11.0. The molecule has 1 fully saturated rings. The van der Waals surface area contributed by atoms with Crippen LogP contribution >= 0.6 is 0 Å². The number of carbonyl (C=O) groups excluding carboxylic acids is 1. The lowest BCUT2D eigenvalue weighted by atomic mass is 9.71. The lowest BCUT2D eigenvalue weighted by molar-refractivity contribution is 0.0377. The van der Waals surface area contributed by atoms with Gasteiger partial charge >= 0.3 is 6.09 Å². The fourth-order valence-corrected chi connectivity index (χ4v) is 5.27. The highest BCUT2D eigenvalue weighted by Crippen LogP contribution is 2.44. The predicted octanol–water partition coefficient (Wildman–Crippen LogP) is 5.38. The third kappa shape index (κ3) is 4.64. The fourth-order valence-electron chi connectivity index (χ4n) is 5.27. The van der Waals surface area contributed by atoms with Gasteiger partial charge in [0.1, 0.15) is 11.6 Å². The highest BCUT2D eigenvalue weighted by Gasteiger charge is 2.43. The second kappa shape index (κ2) is 9.02. The third-order valence-electron chi connectivity index (χ3n) is 7.14. The van der Waals surface area contributed by atoms with E-state index in [4.69, 9.17) is 14.5 Å². The third-order valence-corrected chi connectivity index (χ3v) is 7.14. The fraction of sp³-hybridized carbons (Fsp3) is 0.464. The molecule has 1 amide bonds. The van der Waals surface area contributed by atoms with Gasteiger partial charge in [-0.1, -0.05) is 48.6 Å². The molecule has 184 valence electrons. The van der Waals surface area contributed by atoms with Crippen LogP contribution in [0, 0.1) is 5.92 Å². The molecule has 1 saturated carbocycles. The zero-order chi connectivity index (χ0) is 24.6. The van der Waals surface area contributed by atoms with Crippen molar-refractivity contribution in [1.82, 2.24) is 10.2 Å². The number of fused-ring (bicyclic) bond motifs is 1. The Morgan fingerprint density at radius 1 is 1.17 bits per heavy atom. The van der Waals surface area contributed by atoms with Gasteiger partial charge in [0.05, 0.1) is 31.1 Å². The molecular formula is C28H34N4O3. The van der Waals surface area contributed by atoms with Crippen molar-refractivity contribution in [1.29, 1.82) is 0 Å². The molecular weight excluding hydrogens is 440 g/mol. The summed E-state index contributed by atoms with van der Waals surface area (Å²) in [5.74, 6) is 1.75. The highest BCUT2D eigenvalue weighted by atomic mass is 16.6. The Bertz CT molecular complexity index is 1120. The molecule has 3 atom stereocenters. The minimum atomic E-state index is -0.524. The van der Waals surface area contributed by atoms with E-state index in [1.165, 1.54) is 0 Å².